The Labute approximate surface area is 184 Å². The summed E-state index contributed by atoms with van der Waals surface area (Å²) in [5.41, 5.74) is 0. The summed E-state index contributed by atoms with van der Waals surface area (Å²) in [5, 5.41) is 19.6. The van der Waals surface area contributed by atoms with Gasteiger partial charge in [0.15, 0.2) is 0 Å². The average molecular weight is 433 g/mol. The highest BCUT2D eigenvalue weighted by Crippen LogP contribution is 2.44. The Bertz CT molecular complexity index is 708. The first kappa shape index (κ1) is 23.4. The molecule has 31 heavy (non-hydrogen) atoms. The summed E-state index contributed by atoms with van der Waals surface area (Å²) in [7, 11) is 0. The number of unbranched alkanes of at least 4 members (excludes halogenated alkanes) is 3. The molecule has 2 amide bonds. The fraction of sp³-hybridized carbons (Fsp3) is 0.773. The molecule has 9 nitrogen and oxygen atoms in total. The largest absolute Gasteiger partial charge is 0.374 e. The number of carbonyl (C=O) groups is 2. The highest BCUT2D eigenvalue weighted by molar-refractivity contribution is 5.84. The van der Waals surface area contributed by atoms with Gasteiger partial charge >= 0.3 is 0 Å². The van der Waals surface area contributed by atoms with Crippen molar-refractivity contribution in [3.8, 4) is 0 Å². The lowest BCUT2D eigenvalue weighted by Crippen LogP contribution is -2.42. The highest BCUT2D eigenvalue weighted by Gasteiger charge is 2.47. The fourth-order valence-electron chi connectivity index (χ4n) is 4.62. The Kier molecular flexibility index (Phi) is 9.45. The van der Waals surface area contributed by atoms with E-state index in [1.165, 1.54) is 0 Å². The SMILES string of the molecule is CCCCCC(=O)NCC(=O)NC[C@@H]1[C@H](C/C=C\CCCc2nnn[nH]2)[C@@H]2CC[C@H]1O2. The summed E-state index contributed by atoms with van der Waals surface area (Å²) >= 11 is 0. The van der Waals surface area contributed by atoms with E-state index in [1.807, 2.05) is 0 Å². The number of ether oxygens (including phenoxy) is 1. The first-order chi connectivity index (χ1) is 15.2. The number of aromatic nitrogens is 4. The molecule has 3 rings (SSSR count). The molecule has 3 N–H and O–H groups in total. The van der Waals surface area contributed by atoms with Crippen LogP contribution in [0.5, 0.6) is 0 Å². The lowest BCUT2D eigenvalue weighted by atomic mass is 9.77. The predicted molar refractivity (Wildman–Crippen MR) is 116 cm³/mol. The van der Waals surface area contributed by atoms with Crippen LogP contribution in [0.3, 0.4) is 0 Å². The van der Waals surface area contributed by atoms with Crippen LogP contribution in [0.25, 0.3) is 0 Å². The van der Waals surface area contributed by atoms with Gasteiger partial charge in [0.25, 0.3) is 0 Å². The smallest absolute Gasteiger partial charge is 0.239 e. The summed E-state index contributed by atoms with van der Waals surface area (Å²) in [6.07, 6.45) is 14.5. The topological polar surface area (TPSA) is 122 Å². The van der Waals surface area contributed by atoms with Gasteiger partial charge in [-0.05, 0) is 54.9 Å². The minimum absolute atomic E-state index is 0.0468. The molecular formula is C22H36N6O3. The zero-order valence-corrected chi connectivity index (χ0v) is 18.5. The second-order valence-electron chi connectivity index (χ2n) is 8.60. The number of tetrazole rings is 1. The van der Waals surface area contributed by atoms with Crippen molar-refractivity contribution in [2.24, 2.45) is 11.8 Å². The third-order valence-corrected chi connectivity index (χ3v) is 6.33. The van der Waals surface area contributed by atoms with Gasteiger partial charge in [-0.15, -0.1) is 5.10 Å². The molecule has 0 spiro atoms. The van der Waals surface area contributed by atoms with Crippen LogP contribution in [0.15, 0.2) is 12.2 Å². The van der Waals surface area contributed by atoms with Gasteiger partial charge in [-0.3, -0.25) is 9.59 Å². The number of carbonyl (C=O) groups excluding carboxylic acids is 2. The molecule has 2 saturated heterocycles. The molecule has 2 bridgehead atoms. The van der Waals surface area contributed by atoms with Crippen LogP contribution in [0.2, 0.25) is 0 Å². The van der Waals surface area contributed by atoms with Crippen molar-refractivity contribution in [1.82, 2.24) is 31.3 Å². The monoisotopic (exact) mass is 432 g/mol. The van der Waals surface area contributed by atoms with Crippen molar-refractivity contribution < 1.29 is 14.3 Å². The molecule has 0 unspecified atom stereocenters. The molecule has 1 aromatic heterocycles. The minimum Gasteiger partial charge on any atom is -0.374 e. The minimum atomic E-state index is -0.122. The number of hydrogen-bond acceptors (Lipinski definition) is 6. The normalized spacial score (nSPS) is 24.7. The number of amides is 2. The standard InChI is InChI=1S/C22H36N6O3/c1-2-3-6-11-21(29)24-15-22(30)23-14-17-16(18-12-13-19(17)31-18)9-7-4-5-8-10-20-25-27-28-26-20/h4,7,16-19H,2-3,5-6,8-15H2,1H3,(H,23,30)(H,24,29)(H,25,26,27,28)/b7-4-/t16-,17+,18-,19+/m0/s1. The molecule has 0 radical (unpaired) electrons. The number of allylic oxidation sites excluding steroid dienone is 2. The number of hydrogen-bond donors (Lipinski definition) is 3. The van der Waals surface area contributed by atoms with Crippen LogP contribution in [0.4, 0.5) is 0 Å². The third kappa shape index (κ3) is 7.41. The fourth-order valence-corrected chi connectivity index (χ4v) is 4.62. The van der Waals surface area contributed by atoms with Gasteiger partial charge in [0.05, 0.1) is 18.8 Å². The number of nitrogens with one attached hydrogen (secondary N) is 3. The number of aromatic amines is 1. The van der Waals surface area contributed by atoms with E-state index in [-0.39, 0.29) is 24.5 Å². The van der Waals surface area contributed by atoms with Crippen molar-refractivity contribution in [3.63, 3.8) is 0 Å². The van der Waals surface area contributed by atoms with Crippen LogP contribution in [0.1, 0.15) is 70.5 Å². The Hall–Kier alpha value is -2.29. The quantitative estimate of drug-likeness (QED) is 0.306. The zero-order chi connectivity index (χ0) is 21.9. The third-order valence-electron chi connectivity index (χ3n) is 6.33. The Morgan fingerprint density at radius 3 is 2.71 bits per heavy atom. The highest BCUT2D eigenvalue weighted by atomic mass is 16.5. The molecule has 3 heterocycles. The van der Waals surface area contributed by atoms with Gasteiger partial charge in [0, 0.05) is 25.3 Å². The number of nitrogens with zero attached hydrogens (tertiary/aromatic N) is 3. The van der Waals surface area contributed by atoms with Crippen molar-refractivity contribution in [3.05, 3.63) is 18.0 Å². The second kappa shape index (κ2) is 12.5. The van der Waals surface area contributed by atoms with Crippen molar-refractivity contribution in [1.29, 1.82) is 0 Å². The van der Waals surface area contributed by atoms with Crippen molar-refractivity contribution in [2.45, 2.75) is 83.3 Å². The maximum atomic E-state index is 12.2. The summed E-state index contributed by atoms with van der Waals surface area (Å²) in [5.74, 6) is 1.44. The first-order valence-corrected chi connectivity index (χ1v) is 11.7. The van der Waals surface area contributed by atoms with E-state index in [4.69, 9.17) is 4.74 Å². The molecule has 9 heteroatoms. The lowest BCUT2D eigenvalue weighted by molar-refractivity contribution is -0.126. The number of aryl methyl sites for hydroxylation is 1. The predicted octanol–water partition coefficient (Wildman–Crippen LogP) is 2.08. The molecule has 0 aromatic carbocycles. The van der Waals surface area contributed by atoms with Gasteiger partial charge in [-0.2, -0.15) is 0 Å². The Balaban J connectivity index is 1.34. The maximum Gasteiger partial charge on any atom is 0.239 e. The van der Waals surface area contributed by atoms with E-state index in [0.717, 1.165) is 63.6 Å². The Morgan fingerprint density at radius 1 is 1.10 bits per heavy atom. The van der Waals surface area contributed by atoms with Crippen molar-refractivity contribution >= 4 is 11.8 Å². The van der Waals surface area contributed by atoms with E-state index in [0.29, 0.717) is 30.9 Å². The number of rotatable bonds is 14. The van der Waals surface area contributed by atoms with E-state index < -0.39 is 0 Å². The number of fused-ring (bicyclic) bond motifs is 2. The first-order valence-electron chi connectivity index (χ1n) is 11.7. The van der Waals surface area contributed by atoms with Gasteiger partial charge in [-0.1, -0.05) is 31.9 Å². The molecule has 2 fully saturated rings. The van der Waals surface area contributed by atoms with E-state index in [1.54, 1.807) is 0 Å². The van der Waals surface area contributed by atoms with Gasteiger partial charge < -0.3 is 15.4 Å². The summed E-state index contributed by atoms with van der Waals surface area (Å²) in [6, 6.07) is 0. The average Bonchev–Trinajstić information content (AvgIpc) is 3.51. The molecule has 2 aliphatic heterocycles. The molecule has 4 atom stereocenters. The number of H-pyrrole nitrogens is 1. The van der Waals surface area contributed by atoms with E-state index in [2.05, 4.69) is 50.3 Å². The molecular weight excluding hydrogens is 396 g/mol. The summed E-state index contributed by atoms with van der Waals surface area (Å²) in [6.45, 7) is 2.77. The molecule has 0 aliphatic carbocycles. The van der Waals surface area contributed by atoms with Gasteiger partial charge in [-0.25, -0.2) is 5.10 Å². The van der Waals surface area contributed by atoms with Crippen LogP contribution >= 0.6 is 0 Å². The molecule has 172 valence electrons. The van der Waals surface area contributed by atoms with E-state index in [9.17, 15) is 9.59 Å². The zero-order valence-electron chi connectivity index (χ0n) is 18.5. The maximum absolute atomic E-state index is 12.2. The lowest BCUT2D eigenvalue weighted by Gasteiger charge is -2.27. The molecule has 1 aromatic rings. The van der Waals surface area contributed by atoms with Gasteiger partial charge in [0.2, 0.25) is 11.8 Å². The van der Waals surface area contributed by atoms with Crippen LogP contribution in [-0.2, 0) is 20.7 Å². The summed E-state index contributed by atoms with van der Waals surface area (Å²) < 4.78 is 6.13. The van der Waals surface area contributed by atoms with Gasteiger partial charge in [0.1, 0.15) is 5.82 Å². The van der Waals surface area contributed by atoms with E-state index >= 15 is 0 Å². The molecule has 2 aliphatic rings. The van der Waals surface area contributed by atoms with Crippen LogP contribution < -0.4 is 10.6 Å². The second-order valence-corrected chi connectivity index (χ2v) is 8.60. The summed E-state index contributed by atoms with van der Waals surface area (Å²) in [4.78, 5) is 23.9. The van der Waals surface area contributed by atoms with Crippen LogP contribution in [-0.4, -0.2) is 57.7 Å². The Morgan fingerprint density at radius 2 is 1.94 bits per heavy atom. The van der Waals surface area contributed by atoms with Crippen molar-refractivity contribution in [2.75, 3.05) is 13.1 Å². The van der Waals surface area contributed by atoms with Crippen LogP contribution in [0, 0.1) is 11.8 Å². The molecule has 0 saturated carbocycles.